The first-order valence-electron chi connectivity index (χ1n) is 7.70. The summed E-state index contributed by atoms with van der Waals surface area (Å²) in [6.07, 6.45) is 0.762. The van der Waals surface area contributed by atoms with Gasteiger partial charge in [0.25, 0.3) is 0 Å². The minimum absolute atomic E-state index is 0.0732. The lowest BCUT2D eigenvalue weighted by atomic mass is 10.1. The summed E-state index contributed by atoms with van der Waals surface area (Å²) in [6, 6.07) is 15.6. The summed E-state index contributed by atoms with van der Waals surface area (Å²) in [6.45, 7) is 2.78. The fourth-order valence-electron chi connectivity index (χ4n) is 2.45. The second kappa shape index (κ2) is 8.34. The quantitative estimate of drug-likeness (QED) is 0.795. The van der Waals surface area contributed by atoms with Gasteiger partial charge in [-0.2, -0.15) is 0 Å². The minimum atomic E-state index is -0.356. The van der Waals surface area contributed by atoms with E-state index in [1.54, 1.807) is 12.1 Å². The van der Waals surface area contributed by atoms with Gasteiger partial charge in [-0.3, -0.25) is 0 Å². The number of methoxy groups -OCH3 is 1. The lowest BCUT2D eigenvalue weighted by Gasteiger charge is -2.20. The Bertz CT molecular complexity index is 640. The van der Waals surface area contributed by atoms with Gasteiger partial charge < -0.3 is 14.8 Å². The zero-order valence-electron chi connectivity index (χ0n) is 13.8. The van der Waals surface area contributed by atoms with E-state index in [9.17, 15) is 4.79 Å². The van der Waals surface area contributed by atoms with E-state index in [1.807, 2.05) is 38.2 Å². The van der Waals surface area contributed by atoms with Gasteiger partial charge in [0.1, 0.15) is 11.9 Å². The summed E-state index contributed by atoms with van der Waals surface area (Å²) < 4.78 is 11.0. The van der Waals surface area contributed by atoms with Crippen molar-refractivity contribution in [2.24, 2.45) is 0 Å². The van der Waals surface area contributed by atoms with Gasteiger partial charge in [-0.05, 0) is 49.8 Å². The van der Waals surface area contributed by atoms with Crippen LogP contribution in [0.3, 0.4) is 0 Å². The van der Waals surface area contributed by atoms with Crippen molar-refractivity contribution in [2.45, 2.75) is 19.4 Å². The Morgan fingerprint density at radius 2 is 1.91 bits per heavy atom. The number of esters is 1. The second-order valence-corrected chi connectivity index (χ2v) is 5.44. The third-order valence-corrected chi connectivity index (χ3v) is 3.58. The third-order valence-electron chi connectivity index (χ3n) is 3.58. The lowest BCUT2D eigenvalue weighted by Crippen LogP contribution is -2.16. The first-order chi connectivity index (χ1) is 11.1. The van der Waals surface area contributed by atoms with Gasteiger partial charge in [0.15, 0.2) is 0 Å². The maximum Gasteiger partial charge on any atom is 0.337 e. The van der Waals surface area contributed by atoms with Gasteiger partial charge in [0, 0.05) is 6.42 Å². The zero-order valence-corrected chi connectivity index (χ0v) is 13.8. The van der Waals surface area contributed by atoms with E-state index in [4.69, 9.17) is 9.47 Å². The molecular formula is C19H23NO3. The Morgan fingerprint density at radius 3 is 2.57 bits per heavy atom. The van der Waals surface area contributed by atoms with Gasteiger partial charge in [-0.25, -0.2) is 4.79 Å². The molecule has 1 atom stereocenters. The highest BCUT2D eigenvalue weighted by atomic mass is 16.5. The Morgan fingerprint density at radius 1 is 1.17 bits per heavy atom. The van der Waals surface area contributed by atoms with E-state index in [1.165, 1.54) is 7.11 Å². The molecule has 4 heteroatoms. The van der Waals surface area contributed by atoms with Gasteiger partial charge in [-0.1, -0.05) is 30.3 Å². The maximum absolute atomic E-state index is 11.8. The summed E-state index contributed by atoms with van der Waals surface area (Å²) in [4.78, 5) is 11.8. The summed E-state index contributed by atoms with van der Waals surface area (Å²) >= 11 is 0. The van der Waals surface area contributed by atoms with E-state index in [0.717, 1.165) is 24.1 Å². The zero-order chi connectivity index (χ0) is 16.7. The van der Waals surface area contributed by atoms with Crippen LogP contribution in [0.2, 0.25) is 0 Å². The molecule has 0 fully saturated rings. The fourth-order valence-corrected chi connectivity index (χ4v) is 2.45. The van der Waals surface area contributed by atoms with Crippen LogP contribution in [0.5, 0.6) is 5.75 Å². The molecule has 2 aromatic rings. The highest BCUT2D eigenvalue weighted by molar-refractivity contribution is 5.90. The molecule has 0 saturated carbocycles. The van der Waals surface area contributed by atoms with E-state index >= 15 is 0 Å². The number of benzene rings is 2. The Balaban J connectivity index is 2.25. The number of hydrogen-bond acceptors (Lipinski definition) is 4. The summed E-state index contributed by atoms with van der Waals surface area (Å²) in [5.41, 5.74) is 2.58. The van der Waals surface area contributed by atoms with E-state index < -0.39 is 0 Å². The molecule has 2 aromatic carbocycles. The number of ether oxygens (including phenoxy) is 2. The Hall–Kier alpha value is -2.33. The van der Waals surface area contributed by atoms with Gasteiger partial charge in [0.05, 0.1) is 12.7 Å². The van der Waals surface area contributed by atoms with Crippen molar-refractivity contribution < 1.29 is 14.3 Å². The first-order valence-corrected chi connectivity index (χ1v) is 7.70. The molecule has 1 unspecified atom stereocenters. The van der Waals surface area contributed by atoms with Crippen LogP contribution in [0.4, 0.5) is 0 Å². The first kappa shape index (κ1) is 17.0. The van der Waals surface area contributed by atoms with Crippen LogP contribution in [0.15, 0.2) is 48.5 Å². The smallest absolute Gasteiger partial charge is 0.337 e. The highest BCUT2D eigenvalue weighted by Gasteiger charge is 2.15. The summed E-state index contributed by atoms with van der Waals surface area (Å²) in [5.74, 6) is 0.320. The molecule has 0 amide bonds. The van der Waals surface area contributed by atoms with Crippen LogP contribution >= 0.6 is 0 Å². The van der Waals surface area contributed by atoms with Crippen molar-refractivity contribution in [3.8, 4) is 5.75 Å². The molecule has 4 nitrogen and oxygen atoms in total. The highest BCUT2D eigenvalue weighted by Crippen LogP contribution is 2.26. The average molecular weight is 313 g/mol. The number of rotatable bonds is 7. The molecule has 1 N–H and O–H groups in total. The maximum atomic E-state index is 11.8. The molecular weight excluding hydrogens is 290 g/mol. The summed E-state index contributed by atoms with van der Waals surface area (Å²) in [7, 11) is 3.30. The average Bonchev–Trinajstić information content (AvgIpc) is 2.58. The predicted molar refractivity (Wildman–Crippen MR) is 90.9 cm³/mol. The monoisotopic (exact) mass is 313 g/mol. The SMILES string of the molecule is CNCCC(Oc1cc(C)cc(C(=O)OC)c1)c1ccccc1. The van der Waals surface area contributed by atoms with Crippen molar-refractivity contribution in [3.05, 3.63) is 65.2 Å². The molecule has 0 heterocycles. The Labute approximate surface area is 137 Å². The van der Waals surface area contributed by atoms with E-state index in [2.05, 4.69) is 17.4 Å². The van der Waals surface area contributed by atoms with E-state index in [-0.39, 0.29) is 12.1 Å². The molecule has 0 radical (unpaired) electrons. The van der Waals surface area contributed by atoms with Crippen molar-refractivity contribution in [2.75, 3.05) is 20.7 Å². The predicted octanol–water partition coefficient (Wildman–Crippen LogP) is 3.51. The second-order valence-electron chi connectivity index (χ2n) is 5.44. The van der Waals surface area contributed by atoms with Crippen molar-refractivity contribution >= 4 is 5.97 Å². The van der Waals surface area contributed by atoms with E-state index in [0.29, 0.717) is 11.3 Å². The normalized spacial score (nSPS) is 11.8. The molecule has 0 aromatic heterocycles. The van der Waals surface area contributed by atoms with Crippen LogP contribution in [-0.2, 0) is 4.74 Å². The van der Waals surface area contributed by atoms with Crippen LogP contribution < -0.4 is 10.1 Å². The number of carbonyl (C=O) groups is 1. The molecule has 23 heavy (non-hydrogen) atoms. The Kier molecular flexibility index (Phi) is 6.18. The topological polar surface area (TPSA) is 47.6 Å². The summed E-state index contributed by atoms with van der Waals surface area (Å²) in [5, 5.41) is 3.15. The number of aryl methyl sites for hydroxylation is 1. The largest absolute Gasteiger partial charge is 0.486 e. The molecule has 2 rings (SSSR count). The molecule has 0 spiro atoms. The number of nitrogens with one attached hydrogen (secondary N) is 1. The molecule has 0 bridgehead atoms. The van der Waals surface area contributed by atoms with Crippen molar-refractivity contribution in [1.29, 1.82) is 0 Å². The van der Waals surface area contributed by atoms with Crippen LogP contribution in [0.25, 0.3) is 0 Å². The molecule has 0 aliphatic heterocycles. The fraction of sp³-hybridized carbons (Fsp3) is 0.316. The molecule has 0 saturated heterocycles. The molecule has 122 valence electrons. The lowest BCUT2D eigenvalue weighted by molar-refractivity contribution is 0.0599. The van der Waals surface area contributed by atoms with Crippen molar-refractivity contribution in [1.82, 2.24) is 5.32 Å². The van der Waals surface area contributed by atoms with Crippen molar-refractivity contribution in [3.63, 3.8) is 0 Å². The van der Waals surface area contributed by atoms with Crippen LogP contribution in [0, 0.1) is 6.92 Å². The van der Waals surface area contributed by atoms with Gasteiger partial charge in [0.2, 0.25) is 0 Å². The molecule has 0 aliphatic carbocycles. The number of carbonyl (C=O) groups excluding carboxylic acids is 1. The standard InChI is InChI=1S/C19H23NO3/c1-14-11-16(19(21)22-3)13-17(12-14)23-18(9-10-20-2)15-7-5-4-6-8-15/h4-8,11-13,18,20H,9-10H2,1-3H3. The van der Waals surface area contributed by atoms with Gasteiger partial charge in [-0.15, -0.1) is 0 Å². The molecule has 0 aliphatic rings. The van der Waals surface area contributed by atoms with Crippen LogP contribution in [0.1, 0.15) is 34.0 Å². The van der Waals surface area contributed by atoms with Crippen LogP contribution in [-0.4, -0.2) is 26.7 Å². The van der Waals surface area contributed by atoms with Gasteiger partial charge >= 0.3 is 5.97 Å². The third kappa shape index (κ3) is 4.83. The minimum Gasteiger partial charge on any atom is -0.486 e. The number of hydrogen-bond donors (Lipinski definition) is 1.